The first-order valence-electron chi connectivity index (χ1n) is 37.9. The highest BCUT2D eigenvalue weighted by Gasteiger charge is 2.29. The van der Waals surface area contributed by atoms with E-state index in [0.29, 0.717) is 91.3 Å². The molecule has 1 aliphatic heterocycles. The molecule has 0 bridgehead atoms. The van der Waals surface area contributed by atoms with Crippen LogP contribution in [0.4, 0.5) is 0 Å². The first kappa shape index (κ1) is 82.6. The second kappa shape index (κ2) is 61.1. The molecule has 1 aliphatic rings. The highest BCUT2D eigenvalue weighted by atomic mass is 16.5. The Morgan fingerprint density at radius 3 is 0.779 bits per heavy atom. The fourth-order valence-corrected chi connectivity index (χ4v) is 13.0. The monoisotopic (exact) mass is 1220 g/mol. The average molecular weight is 1220 g/mol. The first-order chi connectivity index (χ1) is 41.9. The van der Waals surface area contributed by atoms with Crippen molar-refractivity contribution in [3.63, 3.8) is 0 Å². The minimum Gasteiger partial charge on any atom is -0.464 e. The Balaban J connectivity index is 2.53. The zero-order chi connectivity index (χ0) is 62.8. The van der Waals surface area contributed by atoms with E-state index >= 15 is 0 Å². The van der Waals surface area contributed by atoms with Gasteiger partial charge in [-0.2, -0.15) is 0 Å². The lowest BCUT2D eigenvalue weighted by Gasteiger charge is -2.44. The van der Waals surface area contributed by atoms with E-state index in [1.807, 2.05) is 0 Å². The van der Waals surface area contributed by atoms with Crippen molar-refractivity contribution in [1.82, 2.24) is 19.6 Å². The number of unbranched alkanes of at least 4 members (excludes halogenated alkanes) is 36. The summed E-state index contributed by atoms with van der Waals surface area (Å²) in [5.41, 5.74) is 0. The molecule has 1 heterocycles. The van der Waals surface area contributed by atoms with E-state index in [1.54, 1.807) is 0 Å². The maximum absolute atomic E-state index is 13.1. The first-order valence-corrected chi connectivity index (χ1v) is 37.9. The third kappa shape index (κ3) is 52.3. The van der Waals surface area contributed by atoms with Crippen LogP contribution < -0.4 is 0 Å². The van der Waals surface area contributed by atoms with Crippen molar-refractivity contribution in [2.75, 3.05) is 78.7 Å². The van der Waals surface area contributed by atoms with Gasteiger partial charge in [-0.15, -0.1) is 0 Å². The lowest BCUT2D eigenvalue weighted by molar-refractivity contribution is -0.146. The predicted molar refractivity (Wildman–Crippen MR) is 365 cm³/mol. The number of carbonyl (C=O) groups is 2. The van der Waals surface area contributed by atoms with Gasteiger partial charge in [0.05, 0.1) is 24.4 Å². The summed E-state index contributed by atoms with van der Waals surface area (Å²) in [5, 5.41) is 44.5. The molecule has 0 aromatic carbocycles. The summed E-state index contributed by atoms with van der Waals surface area (Å²) in [6, 6.07) is 0.527. The minimum absolute atomic E-state index is 0.190. The Labute approximate surface area is 533 Å². The van der Waals surface area contributed by atoms with Gasteiger partial charge in [0.2, 0.25) is 0 Å². The quantitative estimate of drug-likeness (QED) is 0.0340. The van der Waals surface area contributed by atoms with Crippen LogP contribution in [0, 0.1) is 0 Å². The molecule has 1 saturated heterocycles. The molecule has 0 radical (unpaired) electrons. The van der Waals surface area contributed by atoms with E-state index in [4.69, 9.17) is 9.47 Å². The van der Waals surface area contributed by atoms with Gasteiger partial charge in [0.25, 0.3) is 0 Å². The molecule has 86 heavy (non-hydrogen) atoms. The Morgan fingerprint density at radius 1 is 0.349 bits per heavy atom. The molecule has 0 spiro atoms. The highest BCUT2D eigenvalue weighted by Crippen LogP contribution is 2.20. The standard InChI is InChI=1S/C74H148N4O8/c1-7-11-15-19-23-27-31-35-39-43-49-69(79)63-75(64-70(80)50-44-40-36-32-28-24-20-16-12-8-2)55-47-53-73(83)85-59-57-77-61-68(6)78(62-67(77)5)58-60-86-74(84)54-48-56-76(65-71(81)51-45-41-37-33-29-25-21-17-13-9-3)66-72(82)52-46-42-38-34-30-26-22-18-14-10-4/h67-72,79-82H,7-66H2,1-6H3. The predicted octanol–water partition coefficient (Wildman–Crippen LogP) is 17.3. The third-order valence-corrected chi connectivity index (χ3v) is 18.7. The molecule has 512 valence electrons. The number of ether oxygens (including phenoxy) is 2. The van der Waals surface area contributed by atoms with Crippen LogP contribution in [0.15, 0.2) is 0 Å². The lowest BCUT2D eigenvalue weighted by Crippen LogP contribution is -2.57. The number of aliphatic hydroxyl groups is 4. The Hall–Kier alpha value is -1.38. The Morgan fingerprint density at radius 2 is 0.558 bits per heavy atom. The molecule has 0 amide bonds. The van der Waals surface area contributed by atoms with Gasteiger partial charge in [0.15, 0.2) is 0 Å². The van der Waals surface area contributed by atoms with Gasteiger partial charge in [-0.25, -0.2) is 0 Å². The maximum Gasteiger partial charge on any atom is 0.305 e. The zero-order valence-electron chi connectivity index (χ0n) is 58.1. The van der Waals surface area contributed by atoms with E-state index in [0.717, 1.165) is 90.1 Å². The van der Waals surface area contributed by atoms with Crippen LogP contribution in [-0.2, 0) is 19.1 Å². The van der Waals surface area contributed by atoms with Crippen molar-refractivity contribution in [1.29, 1.82) is 0 Å². The molecule has 0 aromatic rings. The van der Waals surface area contributed by atoms with Crippen LogP contribution >= 0.6 is 0 Å². The SMILES string of the molecule is CCCCCCCCCCCCC(O)CN(CCCC(=O)OCCN1CC(C)N(CCOC(=O)CCCN(CC(O)CCCCCCCCCCCC)CC(O)CCCCCCCCCCCC)CC1C)CC(O)CCCCCCCCCCCC. The topological polar surface area (TPSA) is 146 Å². The highest BCUT2D eigenvalue weighted by molar-refractivity contribution is 5.69. The number of hydrogen-bond donors (Lipinski definition) is 4. The fraction of sp³-hybridized carbons (Fsp3) is 0.973. The van der Waals surface area contributed by atoms with Gasteiger partial charge >= 0.3 is 11.9 Å². The molecule has 6 atom stereocenters. The normalized spacial score (nSPS) is 16.6. The minimum atomic E-state index is -0.432. The smallest absolute Gasteiger partial charge is 0.305 e. The number of hydrogen-bond acceptors (Lipinski definition) is 12. The van der Waals surface area contributed by atoms with Gasteiger partial charge in [-0.05, 0) is 65.5 Å². The van der Waals surface area contributed by atoms with Crippen LogP contribution in [-0.4, -0.2) is 167 Å². The van der Waals surface area contributed by atoms with Gasteiger partial charge < -0.3 is 29.9 Å². The van der Waals surface area contributed by atoms with Crippen molar-refractivity contribution in [3.05, 3.63) is 0 Å². The summed E-state index contributed by atoms with van der Waals surface area (Å²) in [6.45, 7) is 20.6. The van der Waals surface area contributed by atoms with Crippen molar-refractivity contribution in [3.8, 4) is 0 Å². The zero-order valence-corrected chi connectivity index (χ0v) is 58.1. The largest absolute Gasteiger partial charge is 0.464 e. The van der Waals surface area contributed by atoms with Crippen LogP contribution in [0.25, 0.3) is 0 Å². The van der Waals surface area contributed by atoms with E-state index in [2.05, 4.69) is 61.1 Å². The summed E-state index contributed by atoms with van der Waals surface area (Å²) in [4.78, 5) is 35.3. The molecule has 1 rings (SSSR count). The van der Waals surface area contributed by atoms with Crippen molar-refractivity contribution in [2.24, 2.45) is 0 Å². The summed E-state index contributed by atoms with van der Waals surface area (Å²) < 4.78 is 11.6. The molecule has 1 fully saturated rings. The van der Waals surface area contributed by atoms with Crippen LogP contribution in [0.5, 0.6) is 0 Å². The number of esters is 2. The molecule has 0 saturated carbocycles. The van der Waals surface area contributed by atoms with Crippen molar-refractivity contribution < 1.29 is 39.5 Å². The molecule has 12 nitrogen and oxygen atoms in total. The molecule has 12 heteroatoms. The van der Waals surface area contributed by atoms with E-state index in [-0.39, 0.29) is 24.0 Å². The molecule has 0 aliphatic carbocycles. The number of nitrogens with zero attached hydrogens (tertiary/aromatic N) is 4. The fourth-order valence-electron chi connectivity index (χ4n) is 13.0. The van der Waals surface area contributed by atoms with Gasteiger partial charge in [0.1, 0.15) is 13.2 Å². The Kier molecular flexibility index (Phi) is 58.7. The second-order valence-electron chi connectivity index (χ2n) is 27.4. The van der Waals surface area contributed by atoms with E-state index in [1.165, 1.54) is 205 Å². The number of rotatable bonds is 66. The van der Waals surface area contributed by atoms with Gasteiger partial charge in [0, 0.05) is 77.3 Å². The van der Waals surface area contributed by atoms with E-state index < -0.39 is 24.4 Å². The van der Waals surface area contributed by atoms with Gasteiger partial charge in [-0.3, -0.25) is 29.2 Å². The second-order valence-corrected chi connectivity index (χ2v) is 27.4. The maximum atomic E-state index is 13.1. The number of aliphatic hydroxyl groups excluding tert-OH is 4. The average Bonchev–Trinajstić information content (AvgIpc) is 3.23. The van der Waals surface area contributed by atoms with Crippen LogP contribution in [0.1, 0.15) is 350 Å². The van der Waals surface area contributed by atoms with E-state index in [9.17, 15) is 30.0 Å². The van der Waals surface area contributed by atoms with Crippen LogP contribution in [0.2, 0.25) is 0 Å². The third-order valence-electron chi connectivity index (χ3n) is 18.7. The molecule has 4 N–H and O–H groups in total. The molecule has 0 aromatic heterocycles. The summed E-state index contributed by atoms with van der Waals surface area (Å²) in [6.07, 6.45) is 54.2. The van der Waals surface area contributed by atoms with Crippen molar-refractivity contribution >= 4 is 11.9 Å². The Bertz CT molecular complexity index is 1280. The summed E-state index contributed by atoms with van der Waals surface area (Å²) >= 11 is 0. The summed E-state index contributed by atoms with van der Waals surface area (Å²) in [5.74, 6) is -0.380. The molecular formula is C74H148N4O8. The van der Waals surface area contributed by atoms with Crippen LogP contribution in [0.3, 0.4) is 0 Å². The number of piperazine rings is 1. The lowest BCUT2D eigenvalue weighted by atomic mass is 10.0. The molecule has 6 unspecified atom stereocenters. The molecular weight excluding hydrogens is 1070 g/mol. The van der Waals surface area contributed by atoms with Crippen molar-refractivity contribution in [2.45, 2.75) is 386 Å². The van der Waals surface area contributed by atoms with Gasteiger partial charge in [-0.1, -0.05) is 285 Å². The number of carbonyl (C=O) groups excluding carboxylic acids is 2. The summed E-state index contributed by atoms with van der Waals surface area (Å²) in [7, 11) is 0.